The predicted molar refractivity (Wildman–Crippen MR) is 70.1 cm³/mol. The van der Waals surface area contributed by atoms with E-state index in [1.165, 1.54) is 11.8 Å². The highest BCUT2D eigenvalue weighted by Gasteiger charge is 1.99. The van der Waals surface area contributed by atoms with Crippen molar-refractivity contribution >= 4 is 27.7 Å². The van der Waals surface area contributed by atoms with Crippen LogP contribution >= 0.6 is 27.7 Å². The fourth-order valence-electron chi connectivity index (χ4n) is 1.13. The molecular formula is C11H10BrN3OS. The lowest BCUT2D eigenvalue weighted by atomic mass is 10.4. The molecule has 2 aromatic rings. The highest BCUT2D eigenvalue weighted by molar-refractivity contribution is 9.10. The van der Waals surface area contributed by atoms with Crippen molar-refractivity contribution in [2.24, 2.45) is 0 Å². The van der Waals surface area contributed by atoms with Gasteiger partial charge in [-0.05, 0) is 34.3 Å². The van der Waals surface area contributed by atoms with Crippen molar-refractivity contribution in [1.82, 2.24) is 15.0 Å². The minimum Gasteiger partial charge on any atom is -0.484 e. The molecule has 6 heteroatoms. The number of rotatable bonds is 4. The second kappa shape index (κ2) is 5.97. The van der Waals surface area contributed by atoms with Gasteiger partial charge >= 0.3 is 0 Å². The minimum atomic E-state index is 0.412. The van der Waals surface area contributed by atoms with Crippen LogP contribution in [0.4, 0.5) is 0 Å². The molecule has 0 N–H and O–H groups in total. The van der Waals surface area contributed by atoms with E-state index in [2.05, 4.69) is 30.9 Å². The second-order valence-electron chi connectivity index (χ2n) is 3.16. The molecular weight excluding hydrogens is 302 g/mol. The summed E-state index contributed by atoms with van der Waals surface area (Å²) in [4.78, 5) is 12.5. The molecule has 0 aliphatic carbocycles. The first-order chi connectivity index (χ1) is 8.28. The van der Waals surface area contributed by atoms with Crippen LogP contribution in [0.3, 0.4) is 0 Å². The molecule has 2 heterocycles. The van der Waals surface area contributed by atoms with Gasteiger partial charge in [0, 0.05) is 10.7 Å². The van der Waals surface area contributed by atoms with Crippen molar-refractivity contribution in [1.29, 1.82) is 0 Å². The Morgan fingerprint density at radius 2 is 1.94 bits per heavy atom. The van der Waals surface area contributed by atoms with Gasteiger partial charge < -0.3 is 4.74 Å². The van der Waals surface area contributed by atoms with Gasteiger partial charge in [-0.15, -0.1) is 0 Å². The van der Waals surface area contributed by atoms with Crippen molar-refractivity contribution in [2.45, 2.75) is 11.8 Å². The van der Waals surface area contributed by atoms with Crippen LogP contribution in [0.5, 0.6) is 5.75 Å². The van der Waals surface area contributed by atoms with Gasteiger partial charge in [-0.2, -0.15) is 0 Å². The molecule has 0 amide bonds. The summed E-state index contributed by atoms with van der Waals surface area (Å²) in [7, 11) is 0. The van der Waals surface area contributed by atoms with Gasteiger partial charge in [0.25, 0.3) is 0 Å². The standard InChI is InChI=1S/C11H10BrN3OS/c1-17-11-14-5-10(6-15-11)16-7-9-3-2-8(12)4-13-9/h2-6H,7H2,1H3. The van der Waals surface area contributed by atoms with E-state index >= 15 is 0 Å². The Labute approximate surface area is 112 Å². The molecule has 0 atom stereocenters. The Hall–Kier alpha value is -1.14. The lowest BCUT2D eigenvalue weighted by Gasteiger charge is -2.05. The number of hydrogen-bond acceptors (Lipinski definition) is 5. The van der Waals surface area contributed by atoms with Gasteiger partial charge in [-0.3, -0.25) is 4.98 Å². The van der Waals surface area contributed by atoms with E-state index in [0.717, 1.165) is 15.3 Å². The number of aromatic nitrogens is 3. The van der Waals surface area contributed by atoms with E-state index in [1.54, 1.807) is 18.6 Å². The topological polar surface area (TPSA) is 47.9 Å². The Balaban J connectivity index is 1.95. The Kier molecular flexibility index (Phi) is 4.33. The zero-order chi connectivity index (χ0) is 12.1. The maximum absolute atomic E-state index is 5.52. The summed E-state index contributed by atoms with van der Waals surface area (Å²) >= 11 is 4.83. The third-order valence-electron chi connectivity index (χ3n) is 1.96. The second-order valence-corrected chi connectivity index (χ2v) is 4.85. The van der Waals surface area contributed by atoms with Gasteiger partial charge in [0.15, 0.2) is 10.9 Å². The molecule has 2 aromatic heterocycles. The average molecular weight is 312 g/mol. The van der Waals surface area contributed by atoms with E-state index in [-0.39, 0.29) is 0 Å². The molecule has 0 unspecified atom stereocenters. The van der Waals surface area contributed by atoms with Crippen LogP contribution in [0.25, 0.3) is 0 Å². The zero-order valence-electron chi connectivity index (χ0n) is 9.13. The van der Waals surface area contributed by atoms with E-state index < -0.39 is 0 Å². The van der Waals surface area contributed by atoms with Crippen molar-refractivity contribution < 1.29 is 4.74 Å². The molecule has 0 saturated carbocycles. The zero-order valence-corrected chi connectivity index (χ0v) is 11.5. The molecule has 0 aliphatic heterocycles. The fraction of sp³-hybridized carbons (Fsp3) is 0.182. The maximum atomic E-state index is 5.52. The largest absolute Gasteiger partial charge is 0.484 e. The molecule has 0 spiro atoms. The van der Waals surface area contributed by atoms with Gasteiger partial charge in [-0.1, -0.05) is 11.8 Å². The number of pyridine rings is 1. The van der Waals surface area contributed by atoms with Gasteiger partial charge in [0.05, 0.1) is 18.1 Å². The van der Waals surface area contributed by atoms with E-state index in [1.807, 2.05) is 18.4 Å². The molecule has 0 aliphatic rings. The third kappa shape index (κ3) is 3.67. The smallest absolute Gasteiger partial charge is 0.187 e. The Bertz CT molecular complexity index is 475. The van der Waals surface area contributed by atoms with E-state index in [9.17, 15) is 0 Å². The van der Waals surface area contributed by atoms with Crippen molar-refractivity contribution in [3.8, 4) is 5.75 Å². The first kappa shape index (κ1) is 12.3. The molecule has 0 bridgehead atoms. The average Bonchev–Trinajstić information content (AvgIpc) is 2.39. The summed E-state index contributed by atoms with van der Waals surface area (Å²) in [6, 6.07) is 3.83. The van der Waals surface area contributed by atoms with Crippen LogP contribution in [0.2, 0.25) is 0 Å². The van der Waals surface area contributed by atoms with Crippen LogP contribution in [0.15, 0.2) is 40.4 Å². The first-order valence-corrected chi connectivity index (χ1v) is 6.89. The van der Waals surface area contributed by atoms with E-state index in [4.69, 9.17) is 4.74 Å². The van der Waals surface area contributed by atoms with Gasteiger partial charge in [0.1, 0.15) is 6.61 Å². The first-order valence-electron chi connectivity index (χ1n) is 4.87. The fourth-order valence-corrected chi connectivity index (χ4v) is 1.68. The lowest BCUT2D eigenvalue weighted by Crippen LogP contribution is -1.99. The van der Waals surface area contributed by atoms with Gasteiger partial charge in [0.2, 0.25) is 0 Å². The molecule has 0 saturated heterocycles. The summed E-state index contributed by atoms with van der Waals surface area (Å²) in [5, 5.41) is 0.735. The molecule has 0 aromatic carbocycles. The molecule has 0 radical (unpaired) electrons. The third-order valence-corrected chi connectivity index (χ3v) is 3.01. The SMILES string of the molecule is CSc1ncc(OCc2ccc(Br)cn2)cn1. The number of ether oxygens (including phenoxy) is 1. The van der Waals surface area contributed by atoms with Gasteiger partial charge in [-0.25, -0.2) is 9.97 Å². The van der Waals surface area contributed by atoms with Crippen LogP contribution in [-0.2, 0) is 6.61 Å². The summed E-state index contributed by atoms with van der Waals surface area (Å²) in [6.45, 7) is 0.412. The molecule has 88 valence electrons. The normalized spacial score (nSPS) is 10.2. The summed E-state index contributed by atoms with van der Waals surface area (Å²) < 4.78 is 6.47. The number of hydrogen-bond donors (Lipinski definition) is 0. The monoisotopic (exact) mass is 311 g/mol. The van der Waals surface area contributed by atoms with Crippen LogP contribution in [0.1, 0.15) is 5.69 Å². The van der Waals surface area contributed by atoms with Crippen LogP contribution < -0.4 is 4.74 Å². The number of thioether (sulfide) groups is 1. The maximum Gasteiger partial charge on any atom is 0.187 e. The molecule has 2 rings (SSSR count). The summed E-state index contributed by atoms with van der Waals surface area (Å²) in [6.07, 6.45) is 7.00. The molecule has 0 fully saturated rings. The minimum absolute atomic E-state index is 0.412. The Morgan fingerprint density at radius 3 is 2.53 bits per heavy atom. The van der Waals surface area contributed by atoms with Crippen LogP contribution in [-0.4, -0.2) is 21.2 Å². The van der Waals surface area contributed by atoms with Crippen molar-refractivity contribution in [2.75, 3.05) is 6.26 Å². The lowest BCUT2D eigenvalue weighted by molar-refractivity contribution is 0.298. The summed E-state index contributed by atoms with van der Waals surface area (Å²) in [5.41, 5.74) is 0.863. The number of halogens is 1. The summed E-state index contributed by atoms with van der Waals surface area (Å²) in [5.74, 6) is 0.646. The quantitative estimate of drug-likeness (QED) is 0.642. The highest BCUT2D eigenvalue weighted by atomic mass is 79.9. The van der Waals surface area contributed by atoms with Crippen LogP contribution in [0, 0.1) is 0 Å². The number of nitrogens with zero attached hydrogens (tertiary/aromatic N) is 3. The molecule has 17 heavy (non-hydrogen) atoms. The highest BCUT2D eigenvalue weighted by Crippen LogP contribution is 2.14. The Morgan fingerprint density at radius 1 is 1.18 bits per heavy atom. The van der Waals surface area contributed by atoms with E-state index in [0.29, 0.717) is 12.4 Å². The predicted octanol–water partition coefficient (Wildman–Crippen LogP) is 2.94. The molecule has 4 nitrogen and oxygen atoms in total. The van der Waals surface area contributed by atoms with Crippen molar-refractivity contribution in [3.63, 3.8) is 0 Å². The van der Waals surface area contributed by atoms with Crippen molar-refractivity contribution in [3.05, 3.63) is 40.9 Å².